The van der Waals surface area contributed by atoms with Crippen molar-refractivity contribution in [2.45, 2.75) is 31.5 Å². The van der Waals surface area contributed by atoms with E-state index in [1.165, 1.54) is 12.1 Å². The maximum atomic E-state index is 5.79. The second-order valence-electron chi connectivity index (χ2n) is 4.93. The average molecular weight is 229 g/mol. The molecule has 90 valence electrons. The third kappa shape index (κ3) is 2.28. The predicted octanol–water partition coefficient (Wildman–Crippen LogP) is 2.78. The fraction of sp³-hybridized carbons (Fsp3) is 0.467. The first kappa shape index (κ1) is 11.0. The Morgan fingerprint density at radius 3 is 2.76 bits per heavy atom. The molecule has 2 heterocycles. The van der Waals surface area contributed by atoms with Gasteiger partial charge in [-0.15, -0.1) is 0 Å². The van der Waals surface area contributed by atoms with Gasteiger partial charge in [0.2, 0.25) is 0 Å². The number of hydrogen-bond acceptors (Lipinski definition) is 2. The van der Waals surface area contributed by atoms with Crippen LogP contribution in [0.15, 0.2) is 42.5 Å². The van der Waals surface area contributed by atoms with Gasteiger partial charge >= 0.3 is 0 Å². The van der Waals surface area contributed by atoms with Crippen LogP contribution in [0.3, 0.4) is 0 Å². The molecule has 0 aliphatic carbocycles. The second kappa shape index (κ2) is 4.63. The van der Waals surface area contributed by atoms with Crippen molar-refractivity contribution in [1.82, 2.24) is 4.90 Å². The van der Waals surface area contributed by atoms with Gasteiger partial charge in [0.15, 0.2) is 0 Å². The Kier molecular flexibility index (Phi) is 3.00. The van der Waals surface area contributed by atoms with Crippen LogP contribution in [0.4, 0.5) is 0 Å². The van der Waals surface area contributed by atoms with E-state index in [0.29, 0.717) is 18.2 Å². The Hall–Kier alpha value is -1.12. The maximum absolute atomic E-state index is 5.79. The zero-order valence-electron chi connectivity index (χ0n) is 10.3. The average Bonchev–Trinajstić information content (AvgIpc) is 3.20. The minimum Gasteiger partial charge on any atom is -0.372 e. The molecule has 1 aromatic carbocycles. The molecule has 2 aliphatic rings. The summed E-state index contributed by atoms with van der Waals surface area (Å²) in [5, 5.41) is 0. The van der Waals surface area contributed by atoms with E-state index in [0.717, 1.165) is 13.0 Å². The molecule has 2 unspecified atom stereocenters. The van der Waals surface area contributed by atoms with Crippen molar-refractivity contribution in [3.05, 3.63) is 48.0 Å². The Balaban J connectivity index is 1.62. The zero-order valence-corrected chi connectivity index (χ0v) is 10.3. The highest BCUT2D eigenvalue weighted by molar-refractivity contribution is 5.21. The van der Waals surface area contributed by atoms with Crippen LogP contribution in [-0.4, -0.2) is 30.2 Å². The van der Waals surface area contributed by atoms with E-state index < -0.39 is 0 Å². The predicted molar refractivity (Wildman–Crippen MR) is 68.8 cm³/mol. The topological polar surface area (TPSA) is 12.2 Å². The van der Waals surface area contributed by atoms with Crippen LogP contribution >= 0.6 is 0 Å². The number of hydrogen-bond donors (Lipinski definition) is 0. The standard InChI is InChI=1S/C15H19NO/c1-12(13-7-3-2-4-8-13)16-11-14(16)15-9-5-6-10-17-15/h2-8,12,14-15H,9-11H2,1H3/t12-,14?,15+,16?/m1/s1. The lowest BCUT2D eigenvalue weighted by molar-refractivity contribution is 0.0547. The molecule has 0 amide bonds. The third-order valence-electron chi connectivity index (χ3n) is 3.84. The normalized spacial score (nSPS) is 33.4. The van der Waals surface area contributed by atoms with Crippen molar-refractivity contribution < 1.29 is 4.74 Å². The number of rotatable bonds is 3. The molecule has 2 nitrogen and oxygen atoms in total. The molecular weight excluding hydrogens is 210 g/mol. The highest BCUT2D eigenvalue weighted by atomic mass is 16.5. The number of ether oxygens (including phenoxy) is 1. The highest BCUT2D eigenvalue weighted by Crippen LogP contribution is 2.35. The van der Waals surface area contributed by atoms with E-state index in [1.54, 1.807) is 0 Å². The van der Waals surface area contributed by atoms with Gasteiger partial charge in [-0.1, -0.05) is 42.5 Å². The molecule has 0 saturated carbocycles. The molecule has 3 rings (SSSR count). The molecular formula is C15H19NO. The summed E-state index contributed by atoms with van der Waals surface area (Å²) in [5.41, 5.74) is 1.40. The van der Waals surface area contributed by atoms with E-state index in [1.807, 2.05) is 0 Å². The maximum Gasteiger partial charge on any atom is 0.0781 e. The van der Waals surface area contributed by atoms with Gasteiger partial charge in [0.1, 0.15) is 0 Å². The lowest BCUT2D eigenvalue weighted by Crippen LogP contribution is -2.25. The van der Waals surface area contributed by atoms with Crippen molar-refractivity contribution >= 4 is 0 Å². The zero-order chi connectivity index (χ0) is 11.7. The molecule has 2 aliphatic heterocycles. The van der Waals surface area contributed by atoms with Gasteiger partial charge in [0.05, 0.1) is 12.7 Å². The summed E-state index contributed by atoms with van der Waals surface area (Å²) in [6.45, 7) is 4.25. The Labute approximate surface area is 103 Å². The fourth-order valence-corrected chi connectivity index (χ4v) is 2.68. The molecule has 1 aromatic rings. The molecule has 17 heavy (non-hydrogen) atoms. The summed E-state index contributed by atoms with van der Waals surface area (Å²) in [6.07, 6.45) is 5.84. The molecule has 2 heteroatoms. The Morgan fingerprint density at radius 2 is 2.06 bits per heavy atom. The molecule has 0 aromatic heterocycles. The van der Waals surface area contributed by atoms with Gasteiger partial charge in [0.25, 0.3) is 0 Å². The van der Waals surface area contributed by atoms with Gasteiger partial charge in [-0.05, 0) is 18.9 Å². The van der Waals surface area contributed by atoms with Crippen LogP contribution in [0.2, 0.25) is 0 Å². The van der Waals surface area contributed by atoms with Crippen molar-refractivity contribution in [2.75, 3.05) is 13.2 Å². The van der Waals surface area contributed by atoms with E-state index in [9.17, 15) is 0 Å². The Bertz CT molecular complexity index is 401. The first-order valence-corrected chi connectivity index (χ1v) is 6.43. The van der Waals surface area contributed by atoms with Crippen molar-refractivity contribution in [1.29, 1.82) is 0 Å². The smallest absolute Gasteiger partial charge is 0.0781 e. The molecule has 0 bridgehead atoms. The van der Waals surface area contributed by atoms with E-state index in [4.69, 9.17) is 4.74 Å². The van der Waals surface area contributed by atoms with Crippen molar-refractivity contribution in [2.24, 2.45) is 0 Å². The molecule has 0 N–H and O–H groups in total. The molecule has 4 atom stereocenters. The summed E-state index contributed by atoms with van der Waals surface area (Å²) in [4.78, 5) is 2.53. The minimum atomic E-state index is 0.408. The van der Waals surface area contributed by atoms with Crippen LogP contribution in [0.5, 0.6) is 0 Å². The van der Waals surface area contributed by atoms with E-state index in [-0.39, 0.29) is 0 Å². The highest BCUT2D eigenvalue weighted by Gasteiger charge is 2.44. The monoisotopic (exact) mass is 229 g/mol. The minimum absolute atomic E-state index is 0.408. The summed E-state index contributed by atoms with van der Waals surface area (Å²) in [6, 6.07) is 11.9. The van der Waals surface area contributed by atoms with Crippen LogP contribution in [-0.2, 0) is 4.74 Å². The lowest BCUT2D eigenvalue weighted by atomic mass is 10.1. The largest absolute Gasteiger partial charge is 0.372 e. The van der Waals surface area contributed by atoms with Crippen molar-refractivity contribution in [3.63, 3.8) is 0 Å². The lowest BCUT2D eigenvalue weighted by Gasteiger charge is -2.21. The molecule has 0 radical (unpaired) electrons. The van der Waals surface area contributed by atoms with E-state index >= 15 is 0 Å². The fourth-order valence-electron chi connectivity index (χ4n) is 2.68. The van der Waals surface area contributed by atoms with Crippen LogP contribution in [0, 0.1) is 0 Å². The SMILES string of the molecule is C[C@H](c1ccccc1)N1CC1[C@@H]1CC=CCO1. The van der Waals surface area contributed by atoms with Crippen LogP contribution in [0.1, 0.15) is 24.9 Å². The first-order chi connectivity index (χ1) is 8.36. The van der Waals surface area contributed by atoms with Gasteiger partial charge in [-0.25, -0.2) is 0 Å². The quantitative estimate of drug-likeness (QED) is 0.583. The van der Waals surface area contributed by atoms with Gasteiger partial charge in [0, 0.05) is 18.6 Å². The number of benzene rings is 1. The summed E-state index contributed by atoms with van der Waals surface area (Å²) < 4.78 is 5.79. The summed E-state index contributed by atoms with van der Waals surface area (Å²) in [7, 11) is 0. The Morgan fingerprint density at radius 1 is 1.24 bits per heavy atom. The van der Waals surface area contributed by atoms with Gasteiger partial charge in [-0.3, -0.25) is 4.90 Å². The molecule has 0 spiro atoms. The van der Waals surface area contributed by atoms with E-state index in [2.05, 4.69) is 54.3 Å². The molecule has 1 fully saturated rings. The summed E-state index contributed by atoms with van der Waals surface area (Å²) in [5.74, 6) is 0. The van der Waals surface area contributed by atoms with Crippen molar-refractivity contribution in [3.8, 4) is 0 Å². The van der Waals surface area contributed by atoms with Gasteiger partial charge in [-0.2, -0.15) is 0 Å². The number of nitrogens with zero attached hydrogens (tertiary/aromatic N) is 1. The molecule has 1 saturated heterocycles. The van der Waals surface area contributed by atoms with Crippen LogP contribution < -0.4 is 0 Å². The third-order valence-corrected chi connectivity index (χ3v) is 3.84. The van der Waals surface area contributed by atoms with Crippen LogP contribution in [0.25, 0.3) is 0 Å². The first-order valence-electron chi connectivity index (χ1n) is 6.43. The second-order valence-corrected chi connectivity index (χ2v) is 4.93. The van der Waals surface area contributed by atoms with Gasteiger partial charge < -0.3 is 4.74 Å². The summed E-state index contributed by atoms with van der Waals surface area (Å²) >= 11 is 0.